The van der Waals surface area contributed by atoms with Crippen LogP contribution in [0.4, 0.5) is 26.4 Å². The van der Waals surface area contributed by atoms with Crippen LogP contribution in [0.25, 0.3) is 21.9 Å². The summed E-state index contributed by atoms with van der Waals surface area (Å²) >= 11 is 0. The number of rotatable bonds is 3. The molecule has 0 atom stereocenters. The molecule has 166 valence electrons. The maximum atomic E-state index is 15.3. The largest absolute Gasteiger partial charge is 0.396 e. The quantitative estimate of drug-likeness (QED) is 0.471. The summed E-state index contributed by atoms with van der Waals surface area (Å²) in [4.78, 5) is 23.2. The van der Waals surface area contributed by atoms with E-state index in [0.717, 1.165) is 49.4 Å². The van der Waals surface area contributed by atoms with Crippen molar-refractivity contribution in [1.29, 1.82) is 0 Å². The first-order chi connectivity index (χ1) is 15.4. The third-order valence-corrected chi connectivity index (χ3v) is 6.24. The number of pyridine rings is 2. The molecule has 0 spiro atoms. The molecule has 1 aromatic carbocycles. The molecule has 2 aromatic heterocycles. The van der Waals surface area contributed by atoms with E-state index in [-0.39, 0.29) is 17.8 Å². The van der Waals surface area contributed by atoms with E-state index < -0.39 is 5.82 Å². The number of nitrogens with two attached hydrogens (primary N) is 1. The van der Waals surface area contributed by atoms with Gasteiger partial charge in [-0.25, -0.2) is 14.2 Å². The molecule has 8 nitrogen and oxygen atoms in total. The average molecular weight is 436 g/mol. The van der Waals surface area contributed by atoms with Crippen molar-refractivity contribution in [3.8, 4) is 11.1 Å². The van der Waals surface area contributed by atoms with Crippen molar-refractivity contribution in [1.82, 2.24) is 20.2 Å². The van der Waals surface area contributed by atoms with E-state index in [1.165, 1.54) is 6.20 Å². The average Bonchev–Trinajstić information content (AvgIpc) is 2.76. The standard InChI is InChI=1S/C23H26FN7O/c1-12-16(8-27-18-4-3-5-26-22(12)18)15-6-13-7-19(28-9-17(13)21(25)20(15)24)30-23(32)29-14-10-31(2)11-14/h6-9,14,26H,3-5,10-11,25H2,1-2H3,(H2,28,29,30,32). The molecule has 2 amide bonds. The topological polar surface area (TPSA) is 108 Å². The van der Waals surface area contributed by atoms with Gasteiger partial charge in [0.05, 0.1) is 23.1 Å². The van der Waals surface area contributed by atoms with Gasteiger partial charge in [0, 0.05) is 48.5 Å². The number of benzene rings is 1. The molecule has 5 N–H and O–H groups in total. The Morgan fingerprint density at radius 1 is 1.25 bits per heavy atom. The minimum absolute atomic E-state index is 0.0311. The summed E-state index contributed by atoms with van der Waals surface area (Å²) in [5.41, 5.74) is 10.2. The number of halogens is 1. The third-order valence-electron chi connectivity index (χ3n) is 6.24. The predicted molar refractivity (Wildman–Crippen MR) is 124 cm³/mol. The number of nitrogens with one attached hydrogen (secondary N) is 3. The fourth-order valence-electron chi connectivity index (χ4n) is 4.51. The number of likely N-dealkylation sites (tertiary alicyclic amines) is 1. The van der Waals surface area contributed by atoms with Crippen LogP contribution in [0.3, 0.4) is 0 Å². The molecular formula is C23H26FN7O. The molecule has 32 heavy (non-hydrogen) atoms. The molecule has 9 heteroatoms. The summed E-state index contributed by atoms with van der Waals surface area (Å²) in [7, 11) is 2.00. The summed E-state index contributed by atoms with van der Waals surface area (Å²) in [5, 5.41) is 10.2. The van der Waals surface area contributed by atoms with Crippen LogP contribution in [-0.4, -0.2) is 53.6 Å². The van der Waals surface area contributed by atoms with Crippen molar-refractivity contribution in [2.75, 3.05) is 43.0 Å². The highest BCUT2D eigenvalue weighted by Gasteiger charge is 2.25. The Balaban J connectivity index is 1.49. The van der Waals surface area contributed by atoms with Crippen molar-refractivity contribution in [2.45, 2.75) is 25.8 Å². The Morgan fingerprint density at radius 2 is 2.06 bits per heavy atom. The number of nitrogen functional groups attached to an aromatic ring is 1. The SMILES string of the molecule is Cc1c(-c2cc3cc(NC(=O)NC4CN(C)C4)ncc3c(N)c2F)cnc2c1NCCC2. The second kappa shape index (κ2) is 7.90. The van der Waals surface area contributed by atoms with Crippen molar-refractivity contribution in [2.24, 2.45) is 0 Å². The van der Waals surface area contributed by atoms with Gasteiger partial charge in [-0.05, 0) is 49.9 Å². The highest BCUT2D eigenvalue weighted by molar-refractivity contribution is 5.99. The number of anilines is 3. The Bertz CT molecular complexity index is 1220. The normalized spacial score (nSPS) is 16.2. The molecule has 1 fully saturated rings. The van der Waals surface area contributed by atoms with Gasteiger partial charge in [0.25, 0.3) is 0 Å². The van der Waals surface area contributed by atoms with Crippen molar-refractivity contribution in [3.63, 3.8) is 0 Å². The fourth-order valence-corrected chi connectivity index (χ4v) is 4.51. The van der Waals surface area contributed by atoms with E-state index in [4.69, 9.17) is 5.73 Å². The van der Waals surface area contributed by atoms with Crippen LogP contribution in [0.5, 0.6) is 0 Å². The molecule has 2 aliphatic rings. The maximum absolute atomic E-state index is 15.3. The van der Waals surface area contributed by atoms with Crippen LogP contribution in [0.1, 0.15) is 17.7 Å². The van der Waals surface area contributed by atoms with Crippen LogP contribution in [-0.2, 0) is 6.42 Å². The molecular weight excluding hydrogens is 409 g/mol. The van der Waals surface area contributed by atoms with Gasteiger partial charge in [-0.1, -0.05) is 0 Å². The summed E-state index contributed by atoms with van der Waals surface area (Å²) in [6.07, 6.45) is 5.15. The van der Waals surface area contributed by atoms with E-state index in [1.807, 2.05) is 14.0 Å². The lowest BCUT2D eigenvalue weighted by atomic mass is 9.95. The Hall–Kier alpha value is -3.46. The lowest BCUT2D eigenvalue weighted by molar-refractivity contribution is 0.165. The number of carbonyl (C=O) groups excluding carboxylic acids is 1. The molecule has 0 unspecified atom stereocenters. The molecule has 4 heterocycles. The zero-order chi connectivity index (χ0) is 22.4. The lowest BCUT2D eigenvalue weighted by Gasteiger charge is -2.36. The minimum atomic E-state index is -0.493. The zero-order valence-corrected chi connectivity index (χ0v) is 18.1. The highest BCUT2D eigenvalue weighted by atomic mass is 19.1. The van der Waals surface area contributed by atoms with Crippen molar-refractivity contribution < 1.29 is 9.18 Å². The van der Waals surface area contributed by atoms with Gasteiger partial charge < -0.3 is 21.3 Å². The second-order valence-electron chi connectivity index (χ2n) is 8.61. The molecule has 5 rings (SSSR count). The number of nitrogens with zero attached hydrogens (tertiary/aromatic N) is 3. The lowest BCUT2D eigenvalue weighted by Crippen LogP contribution is -2.58. The Morgan fingerprint density at radius 3 is 2.84 bits per heavy atom. The molecule has 0 radical (unpaired) electrons. The van der Waals surface area contributed by atoms with Crippen LogP contribution in [0.15, 0.2) is 24.5 Å². The van der Waals surface area contributed by atoms with E-state index in [1.54, 1.807) is 18.3 Å². The smallest absolute Gasteiger partial charge is 0.320 e. The van der Waals surface area contributed by atoms with Gasteiger partial charge >= 0.3 is 6.03 Å². The highest BCUT2D eigenvalue weighted by Crippen LogP contribution is 2.38. The van der Waals surface area contributed by atoms with Gasteiger partial charge in [-0.15, -0.1) is 0 Å². The fraction of sp³-hybridized carbons (Fsp3) is 0.348. The van der Waals surface area contributed by atoms with Crippen LogP contribution in [0.2, 0.25) is 0 Å². The van der Waals surface area contributed by atoms with Gasteiger partial charge in [0.15, 0.2) is 5.82 Å². The molecule has 3 aromatic rings. The molecule has 0 bridgehead atoms. The number of fused-ring (bicyclic) bond motifs is 2. The predicted octanol–water partition coefficient (Wildman–Crippen LogP) is 3.12. The number of urea groups is 1. The number of hydrogen-bond acceptors (Lipinski definition) is 6. The maximum Gasteiger partial charge on any atom is 0.320 e. The zero-order valence-electron chi connectivity index (χ0n) is 18.1. The van der Waals surface area contributed by atoms with E-state index in [2.05, 4.69) is 30.8 Å². The number of amides is 2. The van der Waals surface area contributed by atoms with Crippen LogP contribution < -0.4 is 21.7 Å². The van der Waals surface area contributed by atoms with E-state index in [9.17, 15) is 4.79 Å². The summed E-state index contributed by atoms with van der Waals surface area (Å²) in [6, 6.07) is 3.27. The number of carbonyl (C=O) groups is 1. The second-order valence-corrected chi connectivity index (χ2v) is 8.61. The first-order valence-corrected chi connectivity index (χ1v) is 10.8. The van der Waals surface area contributed by atoms with Gasteiger partial charge in [0.2, 0.25) is 0 Å². The molecule has 0 aliphatic carbocycles. The monoisotopic (exact) mass is 435 g/mol. The molecule has 1 saturated heterocycles. The van der Waals surface area contributed by atoms with Gasteiger partial charge in [-0.2, -0.15) is 0 Å². The van der Waals surface area contributed by atoms with E-state index in [0.29, 0.717) is 27.7 Å². The van der Waals surface area contributed by atoms with Gasteiger partial charge in [0.1, 0.15) is 5.82 Å². The third kappa shape index (κ3) is 3.58. The first kappa shape index (κ1) is 20.4. The number of aryl methyl sites for hydroxylation is 1. The molecule has 2 aliphatic heterocycles. The number of hydrogen-bond donors (Lipinski definition) is 4. The Labute approximate surface area is 185 Å². The first-order valence-electron chi connectivity index (χ1n) is 10.8. The van der Waals surface area contributed by atoms with E-state index >= 15 is 4.39 Å². The van der Waals surface area contributed by atoms with Crippen LogP contribution >= 0.6 is 0 Å². The van der Waals surface area contributed by atoms with Crippen molar-refractivity contribution in [3.05, 3.63) is 41.6 Å². The number of likely N-dealkylation sites (N-methyl/N-ethyl adjacent to an activating group) is 1. The van der Waals surface area contributed by atoms with Crippen LogP contribution in [0, 0.1) is 12.7 Å². The van der Waals surface area contributed by atoms with Gasteiger partial charge in [-0.3, -0.25) is 10.3 Å². The summed E-state index contributed by atoms with van der Waals surface area (Å²) < 4.78 is 15.3. The summed E-state index contributed by atoms with van der Waals surface area (Å²) in [6.45, 7) is 4.48. The molecule has 0 saturated carbocycles. The van der Waals surface area contributed by atoms with Crippen molar-refractivity contribution >= 4 is 34.0 Å². The number of aromatic nitrogens is 2. The Kier molecular flexibility index (Phi) is 5.05. The summed E-state index contributed by atoms with van der Waals surface area (Å²) in [5.74, 6) is -0.117. The minimum Gasteiger partial charge on any atom is -0.396 e.